The van der Waals surface area contributed by atoms with Crippen LogP contribution in [0.3, 0.4) is 0 Å². The predicted molar refractivity (Wildman–Crippen MR) is 107 cm³/mol. The van der Waals surface area contributed by atoms with Gasteiger partial charge in [0, 0.05) is 20.3 Å². The van der Waals surface area contributed by atoms with Crippen LogP contribution < -0.4 is 0 Å². The summed E-state index contributed by atoms with van der Waals surface area (Å²) in [6, 6.07) is 0. The van der Waals surface area contributed by atoms with E-state index in [1.165, 1.54) is 15.8 Å². The van der Waals surface area contributed by atoms with Gasteiger partial charge in [0.25, 0.3) is 0 Å². The van der Waals surface area contributed by atoms with Crippen molar-refractivity contribution in [2.24, 2.45) is 0 Å². The number of rotatable bonds is 6. The number of esters is 1. The van der Waals surface area contributed by atoms with Crippen LogP contribution in [0.4, 0.5) is 0 Å². The highest BCUT2D eigenvalue weighted by Crippen LogP contribution is 2.37. The number of halogens is 2. The molecule has 0 N–H and O–H groups in total. The minimum atomic E-state index is -0.307. The third-order valence-corrected chi connectivity index (χ3v) is 6.77. The largest absolute Gasteiger partial charge is 0.463 e. The average Bonchev–Trinajstić information content (AvgIpc) is 2.72. The van der Waals surface area contributed by atoms with Crippen molar-refractivity contribution < 1.29 is 9.53 Å². The Morgan fingerprint density at radius 2 is 1.87 bits per heavy atom. The minimum absolute atomic E-state index is 0.307. The molecule has 124 valence electrons. The highest BCUT2D eigenvalue weighted by molar-refractivity contribution is 9.13. The highest BCUT2D eigenvalue weighted by Gasteiger charge is 2.08. The van der Waals surface area contributed by atoms with Gasteiger partial charge in [0.1, 0.15) is 0 Å². The first kappa shape index (κ1) is 20.1. The number of carbonyl (C=O) groups is 1. The molecule has 0 bridgehead atoms. The summed E-state index contributed by atoms with van der Waals surface area (Å²) in [6.07, 6.45) is 11.5. The summed E-state index contributed by atoms with van der Waals surface area (Å²) >= 11 is 8.88. The van der Waals surface area contributed by atoms with Crippen LogP contribution in [-0.4, -0.2) is 12.6 Å². The van der Waals surface area contributed by atoms with Gasteiger partial charge in [0.05, 0.1) is 11.1 Å². The van der Waals surface area contributed by atoms with Crippen LogP contribution in [0, 0.1) is 6.92 Å². The van der Waals surface area contributed by atoms with E-state index in [0.29, 0.717) is 6.61 Å². The van der Waals surface area contributed by atoms with Crippen LogP contribution in [0.1, 0.15) is 30.5 Å². The molecule has 0 spiro atoms. The van der Waals surface area contributed by atoms with Crippen molar-refractivity contribution in [2.75, 3.05) is 6.61 Å². The molecule has 0 aliphatic heterocycles. The lowest BCUT2D eigenvalue weighted by molar-refractivity contribution is -0.137. The average molecular weight is 460 g/mol. The molecule has 0 aliphatic rings. The number of hydrogen-bond donors (Lipinski definition) is 0. The van der Waals surface area contributed by atoms with Crippen LogP contribution in [0.5, 0.6) is 0 Å². The van der Waals surface area contributed by atoms with Crippen LogP contribution in [0.2, 0.25) is 0 Å². The summed E-state index contributed by atoms with van der Waals surface area (Å²) in [6.45, 7) is 8.18. The van der Waals surface area contributed by atoms with E-state index < -0.39 is 0 Å². The maximum absolute atomic E-state index is 11.3. The number of ether oxygens (including phenoxy) is 1. The number of hydrogen-bond acceptors (Lipinski definition) is 3. The Balaban J connectivity index is 2.70. The molecule has 0 atom stereocenters. The number of thiophene rings is 1. The van der Waals surface area contributed by atoms with E-state index in [9.17, 15) is 4.79 Å². The fourth-order valence-electron chi connectivity index (χ4n) is 1.66. The first-order valence-corrected chi connectivity index (χ1v) is 9.57. The molecule has 0 saturated heterocycles. The Bertz CT molecular complexity index is 679. The molecule has 1 aromatic heterocycles. The molecule has 0 amide bonds. The van der Waals surface area contributed by atoms with Crippen molar-refractivity contribution in [3.05, 3.63) is 60.2 Å². The van der Waals surface area contributed by atoms with E-state index >= 15 is 0 Å². The van der Waals surface area contributed by atoms with Crippen LogP contribution >= 0.6 is 43.2 Å². The highest BCUT2D eigenvalue weighted by atomic mass is 79.9. The van der Waals surface area contributed by atoms with Crippen molar-refractivity contribution in [1.29, 1.82) is 0 Å². The van der Waals surface area contributed by atoms with Gasteiger partial charge in [-0.2, -0.15) is 0 Å². The van der Waals surface area contributed by atoms with E-state index in [0.717, 1.165) is 20.1 Å². The molecule has 0 radical (unpaired) electrons. The van der Waals surface area contributed by atoms with E-state index in [1.807, 2.05) is 32.1 Å². The fourth-order valence-corrected chi connectivity index (χ4v) is 3.90. The topological polar surface area (TPSA) is 26.3 Å². The van der Waals surface area contributed by atoms with Gasteiger partial charge in [0.2, 0.25) is 0 Å². The zero-order valence-electron chi connectivity index (χ0n) is 13.7. The molecular formula is C18H20Br2O2S. The lowest BCUT2D eigenvalue weighted by Crippen LogP contribution is -1.99. The van der Waals surface area contributed by atoms with E-state index in [2.05, 4.69) is 50.9 Å². The van der Waals surface area contributed by atoms with Crippen LogP contribution in [0.25, 0.3) is 6.08 Å². The smallest absolute Gasteiger partial charge is 0.330 e. The molecule has 0 saturated carbocycles. The maximum atomic E-state index is 11.3. The minimum Gasteiger partial charge on any atom is -0.463 e. The lowest BCUT2D eigenvalue weighted by Gasteiger charge is -1.96. The Hall–Kier alpha value is -0.910. The van der Waals surface area contributed by atoms with Crippen molar-refractivity contribution in [2.45, 2.75) is 27.7 Å². The molecule has 2 nitrogen and oxygen atoms in total. The van der Waals surface area contributed by atoms with Crippen molar-refractivity contribution in [3.8, 4) is 0 Å². The van der Waals surface area contributed by atoms with Gasteiger partial charge >= 0.3 is 5.97 Å². The molecule has 0 aliphatic carbocycles. The van der Waals surface area contributed by atoms with Gasteiger partial charge in [-0.1, -0.05) is 29.9 Å². The monoisotopic (exact) mass is 458 g/mol. The third kappa shape index (κ3) is 7.02. The number of allylic oxidation sites excluding steroid dienone is 6. The van der Waals surface area contributed by atoms with Gasteiger partial charge < -0.3 is 4.74 Å². The van der Waals surface area contributed by atoms with Crippen LogP contribution in [0.15, 0.2) is 50.5 Å². The molecule has 1 aromatic rings. The summed E-state index contributed by atoms with van der Waals surface area (Å²) in [7, 11) is 0. The second-order valence-corrected chi connectivity index (χ2v) is 7.74. The molecular weight excluding hydrogens is 440 g/mol. The van der Waals surface area contributed by atoms with E-state index in [1.54, 1.807) is 18.3 Å². The summed E-state index contributed by atoms with van der Waals surface area (Å²) < 4.78 is 7.07. The second-order valence-electron chi connectivity index (χ2n) is 4.89. The first-order chi connectivity index (χ1) is 10.8. The van der Waals surface area contributed by atoms with E-state index in [4.69, 9.17) is 4.74 Å². The van der Waals surface area contributed by atoms with Crippen molar-refractivity contribution in [3.63, 3.8) is 0 Å². The van der Waals surface area contributed by atoms with Gasteiger partial charge in [-0.05, 0) is 71.2 Å². The molecule has 5 heteroatoms. The predicted octanol–water partition coefficient (Wildman–Crippen LogP) is 6.61. The summed E-state index contributed by atoms with van der Waals surface area (Å²) in [4.78, 5) is 13.7. The Labute approximate surface area is 158 Å². The Morgan fingerprint density at radius 3 is 2.43 bits per heavy atom. The standard InChI is InChI=1S/C18H20Br2O2S/c1-5-22-16(21)11-13(3)8-6-7-12(2)9-10-15-18(20)17(19)14(4)23-15/h6-11H,5H2,1-4H3/b8-6+,10-9+,12-7+,13-11+. The van der Waals surface area contributed by atoms with E-state index in [-0.39, 0.29) is 5.97 Å². The second kappa shape index (κ2) is 10.1. The maximum Gasteiger partial charge on any atom is 0.330 e. The van der Waals surface area contributed by atoms with Gasteiger partial charge in [-0.15, -0.1) is 11.3 Å². The molecule has 0 fully saturated rings. The Kier molecular flexibility index (Phi) is 8.81. The zero-order chi connectivity index (χ0) is 17.4. The lowest BCUT2D eigenvalue weighted by atomic mass is 10.2. The first-order valence-electron chi connectivity index (χ1n) is 7.17. The summed E-state index contributed by atoms with van der Waals surface area (Å²) in [5.74, 6) is -0.307. The fraction of sp³-hybridized carbons (Fsp3) is 0.278. The number of carbonyl (C=O) groups excluding carboxylic acids is 1. The summed E-state index contributed by atoms with van der Waals surface area (Å²) in [5.41, 5.74) is 1.98. The zero-order valence-corrected chi connectivity index (χ0v) is 17.6. The van der Waals surface area contributed by atoms with Crippen molar-refractivity contribution in [1.82, 2.24) is 0 Å². The molecule has 0 aromatic carbocycles. The molecule has 0 unspecified atom stereocenters. The summed E-state index contributed by atoms with van der Waals surface area (Å²) in [5, 5.41) is 0. The molecule has 1 rings (SSSR count). The quantitative estimate of drug-likeness (QED) is 0.272. The third-order valence-electron chi connectivity index (χ3n) is 2.83. The van der Waals surface area contributed by atoms with Gasteiger partial charge in [-0.3, -0.25) is 0 Å². The van der Waals surface area contributed by atoms with Crippen molar-refractivity contribution >= 4 is 55.2 Å². The Morgan fingerprint density at radius 1 is 1.17 bits per heavy atom. The normalized spacial score (nSPS) is 13.3. The number of aryl methyl sites for hydroxylation is 1. The van der Waals surface area contributed by atoms with Crippen LogP contribution in [-0.2, 0) is 9.53 Å². The van der Waals surface area contributed by atoms with Gasteiger partial charge in [-0.25, -0.2) is 4.79 Å². The SMILES string of the molecule is CCOC(=O)/C=C(C)/C=C/C=C(C)/C=C/c1sc(C)c(Br)c1Br. The van der Waals surface area contributed by atoms with Gasteiger partial charge in [0.15, 0.2) is 0 Å². The molecule has 23 heavy (non-hydrogen) atoms. The molecule has 1 heterocycles.